The van der Waals surface area contributed by atoms with Gasteiger partial charge in [-0.3, -0.25) is 0 Å². The van der Waals surface area contributed by atoms with Crippen LogP contribution in [0.1, 0.15) is 71.1 Å². The van der Waals surface area contributed by atoms with Crippen molar-refractivity contribution in [3.8, 4) is 0 Å². The molecule has 182 valence electrons. The Morgan fingerprint density at radius 2 is 1.82 bits per heavy atom. The molecule has 0 radical (unpaired) electrons. The Morgan fingerprint density at radius 3 is 2.36 bits per heavy atom. The summed E-state index contributed by atoms with van der Waals surface area (Å²) in [5.41, 5.74) is 13.7. The summed E-state index contributed by atoms with van der Waals surface area (Å²) in [6, 6.07) is 6.53. The molecule has 33 heavy (non-hydrogen) atoms. The molecule has 0 aromatic heterocycles. The number of hydrogen-bond acceptors (Lipinski definition) is 4. The molecule has 4 nitrogen and oxygen atoms in total. The highest BCUT2D eigenvalue weighted by Crippen LogP contribution is 2.21. The summed E-state index contributed by atoms with van der Waals surface area (Å²) in [6.45, 7) is 23.5. The summed E-state index contributed by atoms with van der Waals surface area (Å²) in [5, 5.41) is 9.13. The predicted octanol–water partition coefficient (Wildman–Crippen LogP) is 6.28. The Labute approximate surface area is 202 Å². The average molecular weight is 452 g/mol. The molecule has 0 fully saturated rings. The normalized spacial score (nSPS) is 13.8. The standard InChI is InChI=1S/C29H45N3O/c1-9-26-12-13-27(19-28(26)20-30)23(6)11-14-29(21(3)4)24(7)31-25(8)32(10-2)17-15-22(5)16-18-33/h11-14,19,22,33H,3,8-10,15-18,20,30H2,1-2,4-7H3/b23-11+,29-14+,31-24-. The summed E-state index contributed by atoms with van der Waals surface area (Å²) in [7, 11) is 0. The molecule has 0 aliphatic rings. The molecule has 0 aliphatic carbocycles. The van der Waals surface area contributed by atoms with Crippen LogP contribution in [-0.4, -0.2) is 35.4 Å². The third kappa shape index (κ3) is 9.15. The van der Waals surface area contributed by atoms with Crippen molar-refractivity contribution in [1.29, 1.82) is 0 Å². The minimum Gasteiger partial charge on any atom is -0.396 e. The zero-order valence-electron chi connectivity index (χ0n) is 21.7. The van der Waals surface area contributed by atoms with Crippen LogP contribution in [0.3, 0.4) is 0 Å². The van der Waals surface area contributed by atoms with Gasteiger partial charge in [-0.05, 0) is 92.4 Å². The average Bonchev–Trinajstić information content (AvgIpc) is 2.78. The maximum Gasteiger partial charge on any atom is 0.121 e. The fourth-order valence-corrected chi connectivity index (χ4v) is 3.82. The first-order valence-corrected chi connectivity index (χ1v) is 12.1. The van der Waals surface area contributed by atoms with Crippen molar-refractivity contribution in [2.75, 3.05) is 19.7 Å². The van der Waals surface area contributed by atoms with E-state index in [9.17, 15) is 0 Å². The van der Waals surface area contributed by atoms with Crippen LogP contribution in [0.25, 0.3) is 5.57 Å². The highest BCUT2D eigenvalue weighted by molar-refractivity contribution is 6.02. The van der Waals surface area contributed by atoms with Crippen molar-refractivity contribution in [1.82, 2.24) is 4.90 Å². The van der Waals surface area contributed by atoms with Crippen LogP contribution in [0.15, 0.2) is 65.5 Å². The first kappa shape index (κ1) is 28.6. The lowest BCUT2D eigenvalue weighted by molar-refractivity contribution is 0.245. The molecule has 4 heteroatoms. The van der Waals surface area contributed by atoms with Crippen molar-refractivity contribution < 1.29 is 5.11 Å². The van der Waals surface area contributed by atoms with Gasteiger partial charge in [-0.15, -0.1) is 0 Å². The fraction of sp³-hybridized carbons (Fsp3) is 0.483. The van der Waals surface area contributed by atoms with Crippen molar-refractivity contribution in [2.45, 2.75) is 67.3 Å². The number of aliphatic hydroxyl groups excluding tert-OH is 1. The van der Waals surface area contributed by atoms with E-state index in [4.69, 9.17) is 15.8 Å². The van der Waals surface area contributed by atoms with Gasteiger partial charge in [0.05, 0.1) is 0 Å². The Hall–Kier alpha value is -2.43. The van der Waals surface area contributed by atoms with Crippen molar-refractivity contribution in [3.05, 3.63) is 77.2 Å². The maximum atomic E-state index is 9.13. The number of allylic oxidation sites excluding steroid dienone is 5. The molecular weight excluding hydrogens is 406 g/mol. The molecule has 0 saturated carbocycles. The van der Waals surface area contributed by atoms with E-state index in [1.165, 1.54) is 22.3 Å². The number of aliphatic imine (C=N–C) groups is 1. The number of aliphatic hydroxyl groups is 1. The highest BCUT2D eigenvalue weighted by Gasteiger charge is 2.10. The van der Waals surface area contributed by atoms with Crippen molar-refractivity contribution in [2.24, 2.45) is 16.6 Å². The Balaban J connectivity index is 3.09. The first-order valence-electron chi connectivity index (χ1n) is 12.1. The predicted molar refractivity (Wildman–Crippen MR) is 145 cm³/mol. The summed E-state index contributed by atoms with van der Waals surface area (Å²) in [6.07, 6.45) is 7.05. The van der Waals surface area contributed by atoms with Gasteiger partial charge in [0, 0.05) is 32.0 Å². The van der Waals surface area contributed by atoms with E-state index in [-0.39, 0.29) is 6.61 Å². The Morgan fingerprint density at radius 1 is 1.12 bits per heavy atom. The molecule has 1 aromatic carbocycles. The molecule has 0 heterocycles. The summed E-state index contributed by atoms with van der Waals surface area (Å²) in [5.74, 6) is 1.24. The zero-order chi connectivity index (χ0) is 25.0. The first-order chi connectivity index (χ1) is 15.7. The van der Waals surface area contributed by atoms with E-state index >= 15 is 0 Å². The molecule has 1 aromatic rings. The minimum atomic E-state index is 0.238. The maximum absolute atomic E-state index is 9.13. The van der Waals surface area contributed by atoms with Crippen LogP contribution in [0.4, 0.5) is 0 Å². The topological polar surface area (TPSA) is 61.8 Å². The van der Waals surface area contributed by atoms with Gasteiger partial charge in [-0.2, -0.15) is 0 Å². The molecular formula is C29H45N3O. The second-order valence-electron chi connectivity index (χ2n) is 8.85. The fourth-order valence-electron chi connectivity index (χ4n) is 3.82. The van der Waals surface area contributed by atoms with E-state index in [2.05, 4.69) is 76.1 Å². The SMILES string of the molecule is C=C(C)C(=C\C=C(/C)c1ccc(CC)c(CN)c1)/C(C)=N\C(=C)N(CC)CCC(C)CCO. The van der Waals surface area contributed by atoms with Gasteiger partial charge in [0.25, 0.3) is 0 Å². The second kappa shape index (κ2) is 14.7. The molecule has 0 bridgehead atoms. The second-order valence-corrected chi connectivity index (χ2v) is 8.85. The van der Waals surface area contributed by atoms with E-state index in [0.29, 0.717) is 12.5 Å². The van der Waals surface area contributed by atoms with Gasteiger partial charge in [-0.25, -0.2) is 4.99 Å². The van der Waals surface area contributed by atoms with Crippen LogP contribution >= 0.6 is 0 Å². The zero-order valence-corrected chi connectivity index (χ0v) is 21.7. The lowest BCUT2D eigenvalue weighted by Gasteiger charge is -2.24. The molecule has 3 N–H and O–H groups in total. The van der Waals surface area contributed by atoms with Crippen molar-refractivity contribution >= 4 is 11.3 Å². The molecule has 0 saturated heterocycles. The van der Waals surface area contributed by atoms with Crippen LogP contribution < -0.4 is 5.73 Å². The molecule has 0 spiro atoms. The molecule has 0 amide bonds. The lowest BCUT2D eigenvalue weighted by atomic mass is 9.97. The molecule has 1 rings (SSSR count). The van der Waals surface area contributed by atoms with E-state index in [0.717, 1.165) is 55.0 Å². The van der Waals surface area contributed by atoms with E-state index < -0.39 is 0 Å². The van der Waals surface area contributed by atoms with Gasteiger partial charge < -0.3 is 15.7 Å². The van der Waals surface area contributed by atoms with Gasteiger partial charge >= 0.3 is 0 Å². The number of aryl methyl sites for hydroxylation is 1. The molecule has 0 aliphatic heterocycles. The van der Waals surface area contributed by atoms with Gasteiger partial charge in [-0.1, -0.05) is 51.3 Å². The molecule has 1 atom stereocenters. The van der Waals surface area contributed by atoms with E-state index in [1.807, 2.05) is 13.8 Å². The van der Waals surface area contributed by atoms with Crippen LogP contribution in [0, 0.1) is 5.92 Å². The Bertz CT molecular complexity index is 892. The van der Waals surface area contributed by atoms with Gasteiger partial charge in [0.2, 0.25) is 0 Å². The third-order valence-corrected chi connectivity index (χ3v) is 6.17. The van der Waals surface area contributed by atoms with Crippen molar-refractivity contribution in [3.63, 3.8) is 0 Å². The molecule has 1 unspecified atom stereocenters. The minimum absolute atomic E-state index is 0.238. The summed E-state index contributed by atoms with van der Waals surface area (Å²) < 4.78 is 0. The van der Waals surface area contributed by atoms with Crippen LogP contribution in [0.2, 0.25) is 0 Å². The lowest BCUT2D eigenvalue weighted by Crippen LogP contribution is -2.24. The van der Waals surface area contributed by atoms with Gasteiger partial charge in [0.1, 0.15) is 5.82 Å². The number of nitrogens with zero attached hydrogens (tertiary/aromatic N) is 2. The smallest absolute Gasteiger partial charge is 0.121 e. The number of benzene rings is 1. The number of hydrogen-bond donors (Lipinski definition) is 2. The summed E-state index contributed by atoms with van der Waals surface area (Å²) in [4.78, 5) is 7.01. The van der Waals surface area contributed by atoms with Crippen LogP contribution in [0.5, 0.6) is 0 Å². The largest absolute Gasteiger partial charge is 0.396 e. The van der Waals surface area contributed by atoms with E-state index in [1.54, 1.807) is 0 Å². The monoisotopic (exact) mass is 451 g/mol. The summed E-state index contributed by atoms with van der Waals surface area (Å²) >= 11 is 0. The number of rotatable bonds is 14. The Kier molecular flexibility index (Phi) is 12.7. The third-order valence-electron chi connectivity index (χ3n) is 6.17. The highest BCUT2D eigenvalue weighted by atomic mass is 16.3. The quantitative estimate of drug-likeness (QED) is 0.259. The van der Waals surface area contributed by atoms with Gasteiger partial charge in [0.15, 0.2) is 0 Å². The number of nitrogens with two attached hydrogens (primary N) is 1. The van der Waals surface area contributed by atoms with Crippen LogP contribution in [-0.2, 0) is 13.0 Å².